The first-order valence-corrected chi connectivity index (χ1v) is 7.48. The minimum atomic E-state index is 0.0900. The SMILES string of the molecule is C[C@H](CC#N)N1CCC(C(=O)NCc2cccnc2)CC1. The highest BCUT2D eigenvalue weighted by molar-refractivity contribution is 5.78. The molecule has 0 radical (unpaired) electrons. The monoisotopic (exact) mass is 286 g/mol. The maximum absolute atomic E-state index is 12.2. The summed E-state index contributed by atoms with van der Waals surface area (Å²) in [5, 5.41) is 11.7. The Labute approximate surface area is 126 Å². The minimum absolute atomic E-state index is 0.0900. The molecule has 21 heavy (non-hydrogen) atoms. The van der Waals surface area contributed by atoms with Gasteiger partial charge in [-0.1, -0.05) is 6.07 Å². The molecular weight excluding hydrogens is 264 g/mol. The van der Waals surface area contributed by atoms with Crippen LogP contribution < -0.4 is 5.32 Å². The van der Waals surface area contributed by atoms with Gasteiger partial charge in [0.15, 0.2) is 0 Å². The zero-order chi connectivity index (χ0) is 15.1. The van der Waals surface area contributed by atoms with Gasteiger partial charge in [0.25, 0.3) is 0 Å². The predicted octanol–water partition coefficient (Wildman–Crippen LogP) is 1.71. The predicted molar refractivity (Wildman–Crippen MR) is 80.1 cm³/mol. The van der Waals surface area contributed by atoms with Gasteiger partial charge in [-0.15, -0.1) is 0 Å². The molecule has 0 unspecified atom stereocenters. The number of rotatable bonds is 5. The number of hydrogen-bond donors (Lipinski definition) is 1. The molecule has 2 rings (SSSR count). The zero-order valence-corrected chi connectivity index (χ0v) is 12.5. The number of nitriles is 1. The molecule has 0 aliphatic carbocycles. The Hall–Kier alpha value is -1.93. The molecule has 1 fully saturated rings. The summed E-state index contributed by atoms with van der Waals surface area (Å²) >= 11 is 0. The largest absolute Gasteiger partial charge is 0.352 e. The van der Waals surface area contributed by atoms with Gasteiger partial charge in [0.1, 0.15) is 0 Å². The van der Waals surface area contributed by atoms with Crippen LogP contribution in [-0.2, 0) is 11.3 Å². The summed E-state index contributed by atoms with van der Waals surface area (Å²) in [6, 6.07) is 6.33. The van der Waals surface area contributed by atoms with Gasteiger partial charge < -0.3 is 5.32 Å². The van der Waals surface area contributed by atoms with Crippen molar-refractivity contribution >= 4 is 5.91 Å². The second-order valence-electron chi connectivity index (χ2n) is 5.60. The molecule has 1 N–H and O–H groups in total. The number of hydrogen-bond acceptors (Lipinski definition) is 4. The van der Waals surface area contributed by atoms with Gasteiger partial charge in [-0.25, -0.2) is 0 Å². The second-order valence-corrected chi connectivity index (χ2v) is 5.60. The van der Waals surface area contributed by atoms with Gasteiger partial charge in [-0.05, 0) is 44.5 Å². The van der Waals surface area contributed by atoms with Gasteiger partial charge in [-0.2, -0.15) is 5.26 Å². The van der Waals surface area contributed by atoms with Crippen LogP contribution in [0.25, 0.3) is 0 Å². The van der Waals surface area contributed by atoms with Crippen molar-refractivity contribution < 1.29 is 4.79 Å². The fourth-order valence-electron chi connectivity index (χ4n) is 2.70. The van der Waals surface area contributed by atoms with Gasteiger partial charge in [0.2, 0.25) is 5.91 Å². The lowest BCUT2D eigenvalue weighted by molar-refractivity contribution is -0.126. The third-order valence-electron chi connectivity index (χ3n) is 4.10. The molecular formula is C16H22N4O. The molecule has 1 aliphatic heterocycles. The number of carbonyl (C=O) groups excluding carboxylic acids is 1. The van der Waals surface area contributed by atoms with E-state index in [1.54, 1.807) is 12.4 Å². The average Bonchev–Trinajstić information content (AvgIpc) is 2.54. The van der Waals surface area contributed by atoms with E-state index in [0.717, 1.165) is 31.5 Å². The first-order chi connectivity index (χ1) is 10.2. The highest BCUT2D eigenvalue weighted by atomic mass is 16.1. The van der Waals surface area contributed by atoms with Crippen molar-refractivity contribution in [3.05, 3.63) is 30.1 Å². The van der Waals surface area contributed by atoms with E-state index in [-0.39, 0.29) is 17.9 Å². The number of pyridine rings is 1. The van der Waals surface area contributed by atoms with Crippen LogP contribution in [0, 0.1) is 17.2 Å². The Bertz CT molecular complexity index is 489. The minimum Gasteiger partial charge on any atom is -0.352 e. The van der Waals surface area contributed by atoms with Crippen LogP contribution in [-0.4, -0.2) is 34.9 Å². The molecule has 0 bridgehead atoms. The van der Waals surface area contributed by atoms with Crippen LogP contribution in [0.1, 0.15) is 31.7 Å². The number of amides is 1. The van der Waals surface area contributed by atoms with Crippen LogP contribution in [0.2, 0.25) is 0 Å². The first kappa shape index (κ1) is 15.5. The van der Waals surface area contributed by atoms with Gasteiger partial charge in [0.05, 0.1) is 12.5 Å². The van der Waals surface area contributed by atoms with E-state index in [9.17, 15) is 4.79 Å². The average molecular weight is 286 g/mol. The summed E-state index contributed by atoms with van der Waals surface area (Å²) < 4.78 is 0. The maximum atomic E-state index is 12.2. The van der Waals surface area contributed by atoms with Gasteiger partial charge in [0, 0.05) is 30.9 Å². The number of nitrogens with zero attached hydrogens (tertiary/aromatic N) is 3. The van der Waals surface area contributed by atoms with E-state index < -0.39 is 0 Å². The molecule has 5 heteroatoms. The maximum Gasteiger partial charge on any atom is 0.223 e. The first-order valence-electron chi connectivity index (χ1n) is 7.48. The van der Waals surface area contributed by atoms with E-state index in [1.807, 2.05) is 12.1 Å². The van der Waals surface area contributed by atoms with Crippen molar-refractivity contribution in [2.24, 2.45) is 5.92 Å². The van der Waals surface area contributed by atoms with Crippen molar-refractivity contribution in [2.75, 3.05) is 13.1 Å². The summed E-state index contributed by atoms with van der Waals surface area (Å²) in [6.07, 6.45) is 5.79. The van der Waals surface area contributed by atoms with E-state index in [0.29, 0.717) is 13.0 Å². The van der Waals surface area contributed by atoms with Crippen molar-refractivity contribution in [1.29, 1.82) is 5.26 Å². The lowest BCUT2D eigenvalue weighted by Gasteiger charge is -2.34. The molecule has 0 aromatic carbocycles. The third-order valence-corrected chi connectivity index (χ3v) is 4.10. The Morgan fingerprint density at radius 2 is 2.33 bits per heavy atom. The molecule has 1 atom stereocenters. The summed E-state index contributed by atoms with van der Waals surface area (Å²) in [5.74, 6) is 0.221. The molecule has 1 aromatic heterocycles. The number of carbonyl (C=O) groups is 1. The van der Waals surface area contributed by atoms with Crippen molar-refractivity contribution in [3.63, 3.8) is 0 Å². The van der Waals surface area contributed by atoms with Crippen LogP contribution in [0.3, 0.4) is 0 Å². The zero-order valence-electron chi connectivity index (χ0n) is 12.5. The Kier molecular flexibility index (Phi) is 5.70. The number of nitrogens with one attached hydrogen (secondary N) is 1. The van der Waals surface area contributed by atoms with Crippen LogP contribution in [0.15, 0.2) is 24.5 Å². The van der Waals surface area contributed by atoms with Crippen LogP contribution >= 0.6 is 0 Å². The van der Waals surface area contributed by atoms with Crippen molar-refractivity contribution in [1.82, 2.24) is 15.2 Å². The smallest absolute Gasteiger partial charge is 0.223 e. The standard InChI is InChI=1S/C16H22N4O/c1-13(4-7-17)20-9-5-15(6-10-20)16(21)19-12-14-3-2-8-18-11-14/h2-3,8,11,13,15H,4-6,9-10,12H2,1H3,(H,19,21)/t13-/m1/s1. The summed E-state index contributed by atoms with van der Waals surface area (Å²) in [6.45, 7) is 4.41. The number of likely N-dealkylation sites (tertiary alicyclic amines) is 1. The molecule has 112 valence electrons. The second kappa shape index (κ2) is 7.75. The molecule has 1 saturated heterocycles. The molecule has 1 aliphatic rings. The molecule has 1 amide bonds. The van der Waals surface area contributed by atoms with Gasteiger partial charge >= 0.3 is 0 Å². The van der Waals surface area contributed by atoms with E-state index in [2.05, 4.69) is 28.2 Å². The highest BCUT2D eigenvalue weighted by Gasteiger charge is 2.26. The molecule has 2 heterocycles. The van der Waals surface area contributed by atoms with Crippen LogP contribution in [0.5, 0.6) is 0 Å². The molecule has 1 aromatic rings. The van der Waals surface area contributed by atoms with Crippen molar-refractivity contribution in [3.8, 4) is 6.07 Å². The Morgan fingerprint density at radius 1 is 1.57 bits per heavy atom. The number of piperidine rings is 1. The lowest BCUT2D eigenvalue weighted by atomic mass is 9.94. The van der Waals surface area contributed by atoms with E-state index in [4.69, 9.17) is 5.26 Å². The molecule has 5 nitrogen and oxygen atoms in total. The van der Waals surface area contributed by atoms with E-state index in [1.165, 1.54) is 0 Å². The molecule has 0 spiro atoms. The Balaban J connectivity index is 1.74. The fraction of sp³-hybridized carbons (Fsp3) is 0.562. The topological polar surface area (TPSA) is 69.0 Å². The summed E-state index contributed by atoms with van der Waals surface area (Å²) in [5.41, 5.74) is 1.02. The third kappa shape index (κ3) is 4.54. The molecule has 0 saturated carbocycles. The van der Waals surface area contributed by atoms with Crippen molar-refractivity contribution in [2.45, 2.75) is 38.8 Å². The lowest BCUT2D eigenvalue weighted by Crippen LogP contribution is -2.43. The fourth-order valence-corrected chi connectivity index (χ4v) is 2.70. The van der Waals surface area contributed by atoms with E-state index >= 15 is 0 Å². The summed E-state index contributed by atoms with van der Waals surface area (Å²) in [7, 11) is 0. The Morgan fingerprint density at radius 3 is 2.95 bits per heavy atom. The van der Waals surface area contributed by atoms with Gasteiger partial charge in [-0.3, -0.25) is 14.7 Å². The summed E-state index contributed by atoms with van der Waals surface area (Å²) in [4.78, 5) is 18.5. The quantitative estimate of drug-likeness (QED) is 0.894. The van der Waals surface area contributed by atoms with Crippen LogP contribution in [0.4, 0.5) is 0 Å². The highest BCUT2D eigenvalue weighted by Crippen LogP contribution is 2.20. The normalized spacial score (nSPS) is 17.9. The number of aromatic nitrogens is 1.